The number of carbonyl (C=O) groups excluding carboxylic acids is 1. The Balaban J connectivity index is 3.14. The second-order valence-electron chi connectivity index (χ2n) is 8.93. The Hall–Kier alpha value is -0.790. The molecule has 1 heterocycles. The summed E-state index contributed by atoms with van der Waals surface area (Å²) >= 11 is 0. The topological polar surface area (TPSA) is 26.3 Å². The van der Waals surface area contributed by atoms with Crippen LogP contribution in [0.25, 0.3) is 0 Å². The first-order chi connectivity index (χ1) is 8.26. The van der Waals surface area contributed by atoms with E-state index in [-0.39, 0.29) is 34.1 Å². The Kier molecular flexibility index (Phi) is 3.97. The van der Waals surface area contributed by atoms with E-state index in [0.717, 1.165) is 6.42 Å². The van der Waals surface area contributed by atoms with Crippen LogP contribution in [0.3, 0.4) is 0 Å². The molecule has 0 spiro atoms. The molecule has 1 rings (SSSR count). The molecule has 0 bridgehead atoms. The van der Waals surface area contributed by atoms with Gasteiger partial charge in [-0.15, -0.1) is 0 Å². The van der Waals surface area contributed by atoms with Crippen molar-refractivity contribution in [2.24, 2.45) is 28.1 Å². The Labute approximate surface area is 118 Å². The van der Waals surface area contributed by atoms with Gasteiger partial charge in [0.2, 0.25) is 0 Å². The van der Waals surface area contributed by atoms with Gasteiger partial charge in [0.05, 0.1) is 5.92 Å². The molecule has 0 radical (unpaired) electrons. The van der Waals surface area contributed by atoms with Gasteiger partial charge in [0.1, 0.15) is 5.76 Å². The number of rotatable bonds is 2. The highest BCUT2D eigenvalue weighted by atomic mass is 16.5. The van der Waals surface area contributed by atoms with E-state index >= 15 is 0 Å². The Morgan fingerprint density at radius 1 is 1.00 bits per heavy atom. The minimum Gasteiger partial charge on any atom is -0.431 e. The van der Waals surface area contributed by atoms with Crippen molar-refractivity contribution in [1.82, 2.24) is 0 Å². The van der Waals surface area contributed by atoms with E-state index in [0.29, 0.717) is 5.76 Å². The lowest BCUT2D eigenvalue weighted by atomic mass is 9.60. The molecular weight excluding hydrogens is 236 g/mol. The smallest absolute Gasteiger partial charge is 0.315 e. The molecule has 110 valence electrons. The fourth-order valence-electron chi connectivity index (χ4n) is 3.80. The lowest BCUT2D eigenvalue weighted by Crippen LogP contribution is -2.39. The monoisotopic (exact) mass is 266 g/mol. The van der Waals surface area contributed by atoms with E-state index in [4.69, 9.17) is 4.74 Å². The zero-order valence-electron chi connectivity index (χ0n) is 13.9. The van der Waals surface area contributed by atoms with Gasteiger partial charge in [-0.1, -0.05) is 62.0 Å². The second-order valence-corrected chi connectivity index (χ2v) is 8.93. The molecule has 0 amide bonds. The predicted octanol–water partition coefficient (Wildman–Crippen LogP) is 4.80. The molecule has 0 aromatic rings. The number of esters is 1. The first-order valence-corrected chi connectivity index (χ1v) is 7.16. The second kappa shape index (κ2) is 4.64. The maximum absolute atomic E-state index is 12.2. The average molecular weight is 266 g/mol. The summed E-state index contributed by atoms with van der Waals surface area (Å²) in [5.74, 6) is 0.542. The fourth-order valence-corrected chi connectivity index (χ4v) is 3.80. The number of ether oxygens (including phenoxy) is 1. The molecule has 0 saturated carbocycles. The van der Waals surface area contributed by atoms with Crippen LogP contribution in [0.2, 0.25) is 0 Å². The van der Waals surface area contributed by atoms with Crippen molar-refractivity contribution < 1.29 is 9.53 Å². The van der Waals surface area contributed by atoms with Crippen LogP contribution in [0.1, 0.15) is 61.8 Å². The molecular formula is C17H30O2. The predicted molar refractivity (Wildman–Crippen MR) is 79.5 cm³/mol. The van der Waals surface area contributed by atoms with Crippen molar-refractivity contribution in [1.29, 1.82) is 0 Å². The highest BCUT2D eigenvalue weighted by Crippen LogP contribution is 2.53. The molecule has 19 heavy (non-hydrogen) atoms. The van der Waals surface area contributed by atoms with Gasteiger partial charge in [-0.25, -0.2) is 0 Å². The minimum absolute atomic E-state index is 0.000556. The molecule has 2 atom stereocenters. The van der Waals surface area contributed by atoms with Crippen LogP contribution in [0.5, 0.6) is 0 Å². The lowest BCUT2D eigenvalue weighted by molar-refractivity contribution is -0.142. The molecule has 0 aromatic heterocycles. The largest absolute Gasteiger partial charge is 0.431 e. The average Bonchev–Trinajstić information content (AvgIpc) is 2.35. The third kappa shape index (κ3) is 3.61. The minimum atomic E-state index is -0.107. The van der Waals surface area contributed by atoms with E-state index < -0.39 is 0 Å². The molecule has 1 saturated heterocycles. The number of allylic oxidation sites excluding steroid dienone is 1. The molecule has 0 aromatic carbocycles. The SMILES string of the molecule is C=C1OC(=O)C(C(C)(C)C)C1C(C)(C)CC(C)(C)C. The van der Waals surface area contributed by atoms with E-state index in [2.05, 4.69) is 62.0 Å². The van der Waals surface area contributed by atoms with E-state index in [1.807, 2.05) is 0 Å². The van der Waals surface area contributed by atoms with Gasteiger partial charge in [0, 0.05) is 5.92 Å². The third-order valence-electron chi connectivity index (χ3n) is 3.93. The van der Waals surface area contributed by atoms with Crippen LogP contribution in [0, 0.1) is 28.1 Å². The van der Waals surface area contributed by atoms with Gasteiger partial charge >= 0.3 is 5.97 Å². The molecule has 1 aliphatic rings. The summed E-state index contributed by atoms with van der Waals surface area (Å²) in [7, 11) is 0. The van der Waals surface area contributed by atoms with Crippen LogP contribution < -0.4 is 0 Å². The van der Waals surface area contributed by atoms with E-state index in [1.54, 1.807) is 0 Å². The Bertz CT molecular complexity index is 377. The number of hydrogen-bond acceptors (Lipinski definition) is 2. The highest BCUT2D eigenvalue weighted by Gasteiger charge is 2.53. The van der Waals surface area contributed by atoms with Crippen molar-refractivity contribution in [3.63, 3.8) is 0 Å². The van der Waals surface area contributed by atoms with Gasteiger partial charge in [-0.2, -0.15) is 0 Å². The maximum atomic E-state index is 12.2. The highest BCUT2D eigenvalue weighted by molar-refractivity contribution is 5.78. The molecule has 2 unspecified atom stereocenters. The van der Waals surface area contributed by atoms with Crippen molar-refractivity contribution in [3.8, 4) is 0 Å². The van der Waals surface area contributed by atoms with Crippen LogP contribution in [-0.2, 0) is 9.53 Å². The maximum Gasteiger partial charge on any atom is 0.315 e. The summed E-state index contributed by atoms with van der Waals surface area (Å²) in [6, 6.07) is 0. The fraction of sp³-hybridized carbons (Fsp3) is 0.824. The van der Waals surface area contributed by atoms with Gasteiger partial charge in [0.15, 0.2) is 0 Å². The van der Waals surface area contributed by atoms with Gasteiger partial charge in [-0.3, -0.25) is 4.79 Å². The van der Waals surface area contributed by atoms with Crippen LogP contribution in [-0.4, -0.2) is 5.97 Å². The van der Waals surface area contributed by atoms with E-state index in [9.17, 15) is 4.79 Å². The first-order valence-electron chi connectivity index (χ1n) is 7.16. The molecule has 1 fully saturated rings. The molecule has 0 aliphatic carbocycles. The lowest BCUT2D eigenvalue weighted by Gasteiger charge is -2.41. The molecule has 2 heteroatoms. The number of hydrogen-bond donors (Lipinski definition) is 0. The zero-order valence-corrected chi connectivity index (χ0v) is 13.9. The first kappa shape index (κ1) is 16.3. The summed E-state index contributed by atoms with van der Waals surface area (Å²) in [5, 5.41) is 0. The van der Waals surface area contributed by atoms with Gasteiger partial charge < -0.3 is 4.74 Å². The molecule has 0 N–H and O–H groups in total. The van der Waals surface area contributed by atoms with Gasteiger partial charge in [-0.05, 0) is 22.7 Å². The Morgan fingerprint density at radius 3 is 1.84 bits per heavy atom. The van der Waals surface area contributed by atoms with Crippen LogP contribution in [0.4, 0.5) is 0 Å². The standard InChI is InChI=1S/C17H30O2/c1-11-12(17(8,9)10-15(2,3)4)13(14(18)19-11)16(5,6)7/h12-13H,1,10H2,2-9H3. The third-order valence-corrected chi connectivity index (χ3v) is 3.93. The van der Waals surface area contributed by atoms with Crippen molar-refractivity contribution in [3.05, 3.63) is 12.3 Å². The summed E-state index contributed by atoms with van der Waals surface area (Å²) in [6.45, 7) is 21.5. The normalized spacial score (nSPS) is 25.7. The summed E-state index contributed by atoms with van der Waals surface area (Å²) in [5.41, 5.74) is 0.119. The summed E-state index contributed by atoms with van der Waals surface area (Å²) < 4.78 is 5.38. The quantitative estimate of drug-likeness (QED) is 0.671. The summed E-state index contributed by atoms with van der Waals surface area (Å²) in [4.78, 5) is 12.2. The Morgan fingerprint density at radius 2 is 1.47 bits per heavy atom. The van der Waals surface area contributed by atoms with E-state index in [1.165, 1.54) is 0 Å². The number of cyclic esters (lactones) is 1. The van der Waals surface area contributed by atoms with Crippen molar-refractivity contribution in [2.75, 3.05) is 0 Å². The number of carbonyl (C=O) groups is 1. The van der Waals surface area contributed by atoms with Crippen molar-refractivity contribution in [2.45, 2.75) is 61.8 Å². The van der Waals surface area contributed by atoms with Crippen LogP contribution >= 0.6 is 0 Å². The van der Waals surface area contributed by atoms with Crippen molar-refractivity contribution >= 4 is 5.97 Å². The summed E-state index contributed by atoms with van der Waals surface area (Å²) in [6.07, 6.45) is 1.03. The van der Waals surface area contributed by atoms with Crippen LogP contribution in [0.15, 0.2) is 12.3 Å². The molecule has 2 nitrogen and oxygen atoms in total. The molecule has 1 aliphatic heterocycles. The van der Waals surface area contributed by atoms with Gasteiger partial charge in [0.25, 0.3) is 0 Å². The zero-order chi connectivity index (χ0) is 15.2.